The van der Waals surface area contributed by atoms with E-state index in [1.54, 1.807) is 0 Å². The molecule has 2 aromatic rings. The zero-order valence-electron chi connectivity index (χ0n) is 10.5. The van der Waals surface area contributed by atoms with E-state index in [4.69, 9.17) is 12.2 Å². The largest absolute Gasteiger partial charge is 0.331 e. The van der Waals surface area contributed by atoms with Crippen molar-refractivity contribution < 1.29 is 0 Å². The van der Waals surface area contributed by atoms with E-state index in [0.717, 1.165) is 16.8 Å². The van der Waals surface area contributed by atoms with E-state index in [1.165, 1.54) is 16.8 Å². The number of rotatable bonds is 4. The fourth-order valence-corrected chi connectivity index (χ4v) is 3.05. The SMILES string of the molecule is CSCC(C)Cn1c(=S)[nH]c2ccc(C)cc21. The van der Waals surface area contributed by atoms with Gasteiger partial charge in [-0.05, 0) is 54.8 Å². The highest BCUT2D eigenvalue weighted by molar-refractivity contribution is 7.98. The van der Waals surface area contributed by atoms with Gasteiger partial charge in [-0.2, -0.15) is 11.8 Å². The molecule has 1 aromatic carbocycles. The molecule has 2 nitrogen and oxygen atoms in total. The first-order valence-corrected chi connectivity index (χ1v) is 7.60. The van der Waals surface area contributed by atoms with Crippen LogP contribution in [0.2, 0.25) is 0 Å². The molecule has 0 radical (unpaired) electrons. The maximum atomic E-state index is 5.40. The number of benzene rings is 1. The van der Waals surface area contributed by atoms with Crippen molar-refractivity contribution in [3.05, 3.63) is 28.5 Å². The lowest BCUT2D eigenvalue weighted by Gasteiger charge is -2.11. The number of imidazole rings is 1. The lowest BCUT2D eigenvalue weighted by Crippen LogP contribution is -2.09. The smallest absolute Gasteiger partial charge is 0.178 e. The first-order chi connectivity index (χ1) is 8.11. The monoisotopic (exact) mass is 266 g/mol. The van der Waals surface area contributed by atoms with Crippen molar-refractivity contribution in [2.45, 2.75) is 20.4 Å². The predicted molar refractivity (Wildman–Crippen MR) is 79.4 cm³/mol. The Kier molecular flexibility index (Phi) is 3.94. The van der Waals surface area contributed by atoms with Crippen molar-refractivity contribution in [2.75, 3.05) is 12.0 Å². The summed E-state index contributed by atoms with van der Waals surface area (Å²) in [7, 11) is 0. The number of H-pyrrole nitrogens is 1. The average molecular weight is 266 g/mol. The van der Waals surface area contributed by atoms with E-state index in [1.807, 2.05) is 11.8 Å². The van der Waals surface area contributed by atoms with Gasteiger partial charge in [0.2, 0.25) is 0 Å². The summed E-state index contributed by atoms with van der Waals surface area (Å²) < 4.78 is 3.05. The van der Waals surface area contributed by atoms with Gasteiger partial charge in [0, 0.05) is 6.54 Å². The van der Waals surface area contributed by atoms with Gasteiger partial charge in [0.15, 0.2) is 4.77 Å². The maximum absolute atomic E-state index is 5.40. The van der Waals surface area contributed by atoms with Crippen molar-refractivity contribution in [2.24, 2.45) is 5.92 Å². The van der Waals surface area contributed by atoms with E-state index in [9.17, 15) is 0 Å². The summed E-state index contributed by atoms with van der Waals surface area (Å²) in [6, 6.07) is 6.42. The Hall–Kier alpha value is -0.740. The first-order valence-electron chi connectivity index (χ1n) is 5.80. The van der Waals surface area contributed by atoms with Crippen LogP contribution in [0, 0.1) is 17.6 Å². The third-order valence-corrected chi connectivity index (χ3v) is 4.10. The number of hydrogen-bond donors (Lipinski definition) is 1. The normalized spacial score (nSPS) is 13.1. The Morgan fingerprint density at radius 1 is 1.47 bits per heavy atom. The molecular weight excluding hydrogens is 248 g/mol. The molecule has 0 aliphatic heterocycles. The third kappa shape index (κ3) is 2.75. The standard InChI is InChI=1S/C13H18N2S2/c1-9-4-5-11-12(6-9)15(13(16)14-11)7-10(2)8-17-3/h4-6,10H,7-8H2,1-3H3,(H,14,16). The number of aryl methyl sites for hydroxylation is 1. The molecule has 0 spiro atoms. The van der Waals surface area contributed by atoms with Gasteiger partial charge < -0.3 is 9.55 Å². The molecule has 1 unspecified atom stereocenters. The quantitative estimate of drug-likeness (QED) is 0.844. The van der Waals surface area contributed by atoms with E-state index in [2.05, 4.69) is 47.9 Å². The summed E-state index contributed by atoms with van der Waals surface area (Å²) in [4.78, 5) is 3.27. The number of hydrogen-bond acceptors (Lipinski definition) is 2. The van der Waals surface area contributed by atoms with Crippen LogP contribution in [-0.4, -0.2) is 21.6 Å². The van der Waals surface area contributed by atoms with Gasteiger partial charge in [0.05, 0.1) is 11.0 Å². The molecule has 2 rings (SSSR count). The molecule has 4 heteroatoms. The Balaban J connectivity index is 2.42. The van der Waals surface area contributed by atoms with Gasteiger partial charge in [-0.1, -0.05) is 13.0 Å². The molecular formula is C13H18N2S2. The second kappa shape index (κ2) is 5.27. The van der Waals surface area contributed by atoms with Crippen molar-refractivity contribution >= 4 is 35.0 Å². The van der Waals surface area contributed by atoms with Crippen molar-refractivity contribution in [1.82, 2.24) is 9.55 Å². The van der Waals surface area contributed by atoms with Crippen molar-refractivity contribution in [3.8, 4) is 0 Å². The average Bonchev–Trinajstić information content (AvgIpc) is 2.56. The summed E-state index contributed by atoms with van der Waals surface area (Å²) in [5.41, 5.74) is 3.64. The first kappa shape index (κ1) is 12.7. The van der Waals surface area contributed by atoms with E-state index in [-0.39, 0.29) is 0 Å². The van der Waals surface area contributed by atoms with E-state index < -0.39 is 0 Å². The van der Waals surface area contributed by atoms with Gasteiger partial charge in [-0.3, -0.25) is 0 Å². The number of thioether (sulfide) groups is 1. The Morgan fingerprint density at radius 3 is 2.94 bits per heavy atom. The number of nitrogens with zero attached hydrogens (tertiary/aromatic N) is 1. The zero-order valence-corrected chi connectivity index (χ0v) is 12.1. The third-order valence-electron chi connectivity index (χ3n) is 2.88. The fraction of sp³-hybridized carbons (Fsp3) is 0.462. The molecule has 1 heterocycles. The highest BCUT2D eigenvalue weighted by Gasteiger charge is 2.08. The fourth-order valence-electron chi connectivity index (χ4n) is 2.09. The van der Waals surface area contributed by atoms with Crippen LogP contribution in [0.15, 0.2) is 18.2 Å². The number of aromatic amines is 1. The van der Waals surface area contributed by atoms with Gasteiger partial charge in [0.25, 0.3) is 0 Å². The van der Waals surface area contributed by atoms with Crippen LogP contribution < -0.4 is 0 Å². The van der Waals surface area contributed by atoms with Crippen molar-refractivity contribution in [3.63, 3.8) is 0 Å². The molecule has 0 saturated carbocycles. The lowest BCUT2D eigenvalue weighted by atomic mass is 10.2. The Labute approximate surface area is 111 Å². The van der Waals surface area contributed by atoms with Crippen LogP contribution in [0.3, 0.4) is 0 Å². The Morgan fingerprint density at radius 2 is 2.24 bits per heavy atom. The van der Waals surface area contributed by atoms with Crippen LogP contribution >= 0.6 is 24.0 Å². The topological polar surface area (TPSA) is 20.7 Å². The number of aromatic nitrogens is 2. The number of fused-ring (bicyclic) bond motifs is 1. The summed E-state index contributed by atoms with van der Waals surface area (Å²) >= 11 is 7.29. The van der Waals surface area contributed by atoms with Crippen LogP contribution in [0.25, 0.3) is 11.0 Å². The molecule has 1 atom stereocenters. The van der Waals surface area contributed by atoms with Crippen LogP contribution in [-0.2, 0) is 6.54 Å². The van der Waals surface area contributed by atoms with Crippen molar-refractivity contribution in [1.29, 1.82) is 0 Å². The minimum Gasteiger partial charge on any atom is -0.331 e. The molecule has 0 aliphatic rings. The number of nitrogens with one attached hydrogen (secondary N) is 1. The van der Waals surface area contributed by atoms with E-state index in [0.29, 0.717) is 5.92 Å². The molecule has 1 N–H and O–H groups in total. The summed E-state index contributed by atoms with van der Waals surface area (Å²) in [5, 5.41) is 0. The van der Waals surface area contributed by atoms with Crippen LogP contribution in [0.4, 0.5) is 0 Å². The van der Waals surface area contributed by atoms with Crippen LogP contribution in [0.5, 0.6) is 0 Å². The molecule has 0 aliphatic carbocycles. The molecule has 0 amide bonds. The zero-order chi connectivity index (χ0) is 12.4. The molecule has 0 saturated heterocycles. The minimum atomic E-state index is 0.635. The van der Waals surface area contributed by atoms with E-state index >= 15 is 0 Å². The molecule has 0 bridgehead atoms. The maximum Gasteiger partial charge on any atom is 0.178 e. The summed E-state index contributed by atoms with van der Waals surface area (Å²) in [6.07, 6.45) is 2.15. The highest BCUT2D eigenvalue weighted by atomic mass is 32.2. The second-order valence-corrected chi connectivity index (χ2v) is 5.92. The highest BCUT2D eigenvalue weighted by Crippen LogP contribution is 2.18. The van der Waals surface area contributed by atoms with Gasteiger partial charge in [0.1, 0.15) is 0 Å². The summed E-state index contributed by atoms with van der Waals surface area (Å²) in [5.74, 6) is 1.80. The predicted octanol–water partition coefficient (Wildman–Crippen LogP) is 4.01. The van der Waals surface area contributed by atoms with Gasteiger partial charge in [-0.25, -0.2) is 0 Å². The van der Waals surface area contributed by atoms with Crippen LogP contribution in [0.1, 0.15) is 12.5 Å². The molecule has 1 aromatic heterocycles. The minimum absolute atomic E-state index is 0.635. The Bertz CT molecular complexity index is 568. The molecule has 0 fully saturated rings. The molecule has 17 heavy (non-hydrogen) atoms. The summed E-state index contributed by atoms with van der Waals surface area (Å²) in [6.45, 7) is 5.38. The van der Waals surface area contributed by atoms with Gasteiger partial charge >= 0.3 is 0 Å². The second-order valence-electron chi connectivity index (χ2n) is 4.62. The lowest BCUT2D eigenvalue weighted by molar-refractivity contribution is 0.537. The molecule has 92 valence electrons. The van der Waals surface area contributed by atoms with Gasteiger partial charge in [-0.15, -0.1) is 0 Å².